The molecule has 0 aliphatic carbocycles. The van der Waals surface area contributed by atoms with Gasteiger partial charge in [-0.05, 0) is 0 Å². The Hall–Kier alpha value is -1.89. The number of amides is 1. The predicted octanol–water partition coefficient (Wildman–Crippen LogP) is -0.948. The third-order valence-corrected chi connectivity index (χ3v) is 2.34. The highest BCUT2D eigenvalue weighted by Crippen LogP contribution is 2.20. The van der Waals surface area contributed by atoms with E-state index in [2.05, 4.69) is 10.4 Å². The highest BCUT2D eigenvalue weighted by molar-refractivity contribution is 5.95. The summed E-state index contributed by atoms with van der Waals surface area (Å²) in [6, 6.07) is 0.183. The van der Waals surface area contributed by atoms with Crippen molar-refractivity contribution in [3.63, 3.8) is 0 Å². The second-order valence-electron chi connectivity index (χ2n) is 3.60. The first kappa shape index (κ1) is 10.6. The van der Waals surface area contributed by atoms with Crippen LogP contribution in [0.25, 0.3) is 0 Å². The molecule has 1 saturated heterocycles. The van der Waals surface area contributed by atoms with E-state index in [1.54, 1.807) is 4.68 Å². The van der Waals surface area contributed by atoms with Crippen molar-refractivity contribution in [3.8, 4) is 5.88 Å². The maximum absolute atomic E-state index is 11.1. The largest absolute Gasteiger partial charge is 0.405 e. The van der Waals surface area contributed by atoms with Crippen molar-refractivity contribution in [2.75, 3.05) is 13.1 Å². The molecular weight excluding hydrogens is 212 g/mol. The summed E-state index contributed by atoms with van der Waals surface area (Å²) in [6.07, 6.45) is 1.51. The van der Waals surface area contributed by atoms with E-state index in [1.807, 2.05) is 0 Å². The van der Waals surface area contributed by atoms with Gasteiger partial charge in [0, 0.05) is 26.2 Å². The topological polar surface area (TPSA) is 99.2 Å². The first-order chi connectivity index (χ1) is 7.58. The molecule has 0 saturated carbocycles. The molecule has 1 amide bonds. The Labute approximate surface area is 91.5 Å². The average Bonchev–Trinajstić information content (AvgIpc) is 2.44. The van der Waals surface area contributed by atoms with Gasteiger partial charge in [-0.2, -0.15) is 0 Å². The van der Waals surface area contributed by atoms with E-state index in [4.69, 9.17) is 10.5 Å². The van der Waals surface area contributed by atoms with Gasteiger partial charge in [-0.15, -0.1) is 5.10 Å². The highest BCUT2D eigenvalue weighted by atomic mass is 16.5. The first-order valence-corrected chi connectivity index (χ1v) is 4.86. The number of nitrogens with zero attached hydrogens (tertiary/aromatic N) is 2. The van der Waals surface area contributed by atoms with Gasteiger partial charge in [0.1, 0.15) is 5.56 Å². The van der Waals surface area contributed by atoms with Gasteiger partial charge < -0.3 is 15.8 Å². The van der Waals surface area contributed by atoms with Crippen LogP contribution in [0.1, 0.15) is 23.3 Å². The molecule has 1 aromatic heterocycles. The molecule has 0 atom stereocenters. The normalized spacial score (nSPS) is 15.6. The Morgan fingerprint density at radius 2 is 2.31 bits per heavy atom. The van der Waals surface area contributed by atoms with E-state index < -0.39 is 11.9 Å². The molecule has 2 rings (SSSR count). The van der Waals surface area contributed by atoms with Crippen LogP contribution in [-0.2, 0) is 4.79 Å². The summed E-state index contributed by atoms with van der Waals surface area (Å²) in [7, 11) is 0. The number of carbonyl (C=O) groups excluding carboxylic acids is 2. The van der Waals surface area contributed by atoms with Crippen LogP contribution in [0.5, 0.6) is 5.88 Å². The minimum atomic E-state index is -0.658. The van der Waals surface area contributed by atoms with Crippen LogP contribution < -0.4 is 15.8 Å². The Bertz CT molecular complexity index is 436. The molecular formula is C9H12N4O3. The van der Waals surface area contributed by atoms with Crippen molar-refractivity contribution in [1.82, 2.24) is 15.1 Å². The maximum Gasteiger partial charge on any atom is 0.309 e. The molecule has 0 spiro atoms. The van der Waals surface area contributed by atoms with Crippen molar-refractivity contribution in [2.45, 2.75) is 13.0 Å². The van der Waals surface area contributed by atoms with Gasteiger partial charge in [0.15, 0.2) is 0 Å². The Kier molecular flexibility index (Phi) is 2.61. The van der Waals surface area contributed by atoms with E-state index >= 15 is 0 Å². The van der Waals surface area contributed by atoms with Crippen LogP contribution in [0.2, 0.25) is 0 Å². The molecule has 3 N–H and O–H groups in total. The summed E-state index contributed by atoms with van der Waals surface area (Å²) in [4.78, 5) is 21.9. The lowest BCUT2D eigenvalue weighted by atomic mass is 10.2. The van der Waals surface area contributed by atoms with Gasteiger partial charge in [0.2, 0.25) is 0 Å². The fourth-order valence-electron chi connectivity index (χ4n) is 1.40. The molecule has 1 aliphatic rings. The number of primary amides is 1. The van der Waals surface area contributed by atoms with Crippen LogP contribution in [0, 0.1) is 0 Å². The number of ether oxygens (including phenoxy) is 1. The van der Waals surface area contributed by atoms with Crippen LogP contribution in [0.15, 0.2) is 6.20 Å². The zero-order valence-corrected chi connectivity index (χ0v) is 8.77. The molecule has 0 bridgehead atoms. The minimum absolute atomic E-state index is 0.0214. The maximum atomic E-state index is 11.1. The summed E-state index contributed by atoms with van der Waals surface area (Å²) in [5, 5.41) is 7.10. The molecule has 1 fully saturated rings. The molecule has 1 aliphatic heterocycles. The van der Waals surface area contributed by atoms with E-state index in [0.717, 1.165) is 13.1 Å². The summed E-state index contributed by atoms with van der Waals surface area (Å²) in [6.45, 7) is 2.80. The van der Waals surface area contributed by atoms with Gasteiger partial charge in [-0.1, -0.05) is 0 Å². The number of hydrogen-bond donors (Lipinski definition) is 2. The summed E-state index contributed by atoms with van der Waals surface area (Å²) in [5.41, 5.74) is 5.29. The zero-order valence-electron chi connectivity index (χ0n) is 8.77. The molecule has 1 aromatic rings. The number of esters is 1. The lowest BCUT2D eigenvalue weighted by Crippen LogP contribution is -2.43. The fourth-order valence-corrected chi connectivity index (χ4v) is 1.40. The highest BCUT2D eigenvalue weighted by Gasteiger charge is 2.24. The van der Waals surface area contributed by atoms with Crippen molar-refractivity contribution in [1.29, 1.82) is 0 Å². The van der Waals surface area contributed by atoms with Crippen molar-refractivity contribution < 1.29 is 14.3 Å². The second kappa shape index (κ2) is 3.93. The first-order valence-electron chi connectivity index (χ1n) is 4.86. The molecule has 0 aromatic carbocycles. The smallest absolute Gasteiger partial charge is 0.309 e. The number of nitrogens with two attached hydrogens (primary N) is 1. The lowest BCUT2D eigenvalue weighted by Gasteiger charge is -2.26. The second-order valence-corrected chi connectivity index (χ2v) is 3.60. The van der Waals surface area contributed by atoms with Crippen molar-refractivity contribution in [2.24, 2.45) is 5.73 Å². The number of carbonyl (C=O) groups is 2. The summed E-state index contributed by atoms with van der Waals surface area (Å²) in [5.74, 6) is -1.21. The summed E-state index contributed by atoms with van der Waals surface area (Å²) >= 11 is 0. The lowest BCUT2D eigenvalue weighted by molar-refractivity contribution is -0.132. The quantitative estimate of drug-likeness (QED) is 0.645. The Morgan fingerprint density at radius 1 is 1.62 bits per heavy atom. The van der Waals surface area contributed by atoms with E-state index in [1.165, 1.54) is 13.1 Å². The molecule has 0 unspecified atom stereocenters. The van der Waals surface area contributed by atoms with Gasteiger partial charge in [-0.3, -0.25) is 14.3 Å². The Morgan fingerprint density at radius 3 is 2.75 bits per heavy atom. The number of hydrogen-bond acceptors (Lipinski definition) is 5. The van der Waals surface area contributed by atoms with Crippen molar-refractivity contribution in [3.05, 3.63) is 11.8 Å². The third kappa shape index (κ3) is 1.89. The van der Waals surface area contributed by atoms with Crippen LogP contribution in [0.4, 0.5) is 0 Å². The van der Waals surface area contributed by atoms with Crippen LogP contribution in [0.3, 0.4) is 0 Å². The van der Waals surface area contributed by atoms with E-state index in [0.29, 0.717) is 0 Å². The standard InChI is InChI=1S/C9H12N4O3/c1-5(14)16-9-7(8(10)15)4-13(12-9)6-2-11-3-6/h4,6,11H,2-3H2,1H3,(H2,10,15). The molecule has 16 heavy (non-hydrogen) atoms. The minimum Gasteiger partial charge on any atom is -0.405 e. The molecule has 0 radical (unpaired) electrons. The number of aromatic nitrogens is 2. The molecule has 2 heterocycles. The van der Waals surface area contributed by atoms with E-state index in [-0.39, 0.29) is 17.5 Å². The van der Waals surface area contributed by atoms with Gasteiger partial charge in [0.05, 0.1) is 6.04 Å². The fraction of sp³-hybridized carbons (Fsp3) is 0.444. The molecule has 7 nitrogen and oxygen atoms in total. The monoisotopic (exact) mass is 224 g/mol. The van der Waals surface area contributed by atoms with Crippen LogP contribution in [-0.4, -0.2) is 34.7 Å². The Balaban J connectivity index is 2.29. The van der Waals surface area contributed by atoms with Gasteiger partial charge in [-0.25, -0.2) is 0 Å². The molecule has 86 valence electrons. The number of nitrogens with one attached hydrogen (secondary N) is 1. The van der Waals surface area contributed by atoms with E-state index in [9.17, 15) is 9.59 Å². The van der Waals surface area contributed by atoms with Gasteiger partial charge >= 0.3 is 5.97 Å². The SMILES string of the molecule is CC(=O)Oc1nn(C2CNC2)cc1C(N)=O. The van der Waals surface area contributed by atoms with Crippen LogP contribution >= 0.6 is 0 Å². The third-order valence-electron chi connectivity index (χ3n) is 2.34. The van der Waals surface area contributed by atoms with Crippen molar-refractivity contribution >= 4 is 11.9 Å². The average molecular weight is 224 g/mol. The zero-order chi connectivity index (χ0) is 11.7. The van der Waals surface area contributed by atoms with Gasteiger partial charge in [0.25, 0.3) is 11.8 Å². The number of rotatable bonds is 3. The predicted molar refractivity (Wildman–Crippen MR) is 54.0 cm³/mol. The summed E-state index contributed by atoms with van der Waals surface area (Å²) < 4.78 is 6.41. The molecule has 7 heteroatoms.